The predicted molar refractivity (Wildman–Crippen MR) is 67.7 cm³/mol. The SMILES string of the molecule is CCCCCNC(=O)c1cccc(C(F)(F)F)c1N. The van der Waals surface area contributed by atoms with Crippen LogP contribution in [0, 0.1) is 0 Å². The highest BCUT2D eigenvalue weighted by Crippen LogP contribution is 2.34. The van der Waals surface area contributed by atoms with E-state index in [4.69, 9.17) is 5.73 Å². The van der Waals surface area contributed by atoms with Crippen molar-refractivity contribution in [2.24, 2.45) is 0 Å². The van der Waals surface area contributed by atoms with Crippen LogP contribution in [0.3, 0.4) is 0 Å². The molecule has 106 valence electrons. The summed E-state index contributed by atoms with van der Waals surface area (Å²) in [6, 6.07) is 3.34. The first-order valence-corrected chi connectivity index (χ1v) is 6.11. The van der Waals surface area contributed by atoms with Crippen molar-refractivity contribution in [2.75, 3.05) is 12.3 Å². The molecule has 19 heavy (non-hydrogen) atoms. The normalized spacial score (nSPS) is 11.4. The van der Waals surface area contributed by atoms with E-state index in [1.165, 1.54) is 12.1 Å². The van der Waals surface area contributed by atoms with Crippen LogP contribution in [-0.2, 0) is 6.18 Å². The third-order valence-electron chi connectivity index (χ3n) is 2.72. The number of nitrogens with two attached hydrogens (primary N) is 1. The van der Waals surface area contributed by atoms with Gasteiger partial charge >= 0.3 is 6.18 Å². The lowest BCUT2D eigenvalue weighted by molar-refractivity contribution is -0.136. The first kappa shape index (κ1) is 15.3. The van der Waals surface area contributed by atoms with E-state index in [1.807, 2.05) is 6.92 Å². The molecule has 0 aromatic heterocycles. The fraction of sp³-hybridized carbons (Fsp3) is 0.462. The maximum Gasteiger partial charge on any atom is 0.418 e. The molecular formula is C13H17F3N2O. The van der Waals surface area contributed by atoms with Crippen molar-refractivity contribution in [1.82, 2.24) is 5.32 Å². The fourth-order valence-electron chi connectivity index (χ4n) is 1.68. The Labute approximate surface area is 110 Å². The number of hydrogen-bond donors (Lipinski definition) is 2. The summed E-state index contributed by atoms with van der Waals surface area (Å²) in [5, 5.41) is 2.57. The van der Waals surface area contributed by atoms with Crippen molar-refractivity contribution in [2.45, 2.75) is 32.4 Å². The third-order valence-corrected chi connectivity index (χ3v) is 2.72. The van der Waals surface area contributed by atoms with Gasteiger partial charge in [-0.2, -0.15) is 13.2 Å². The second kappa shape index (κ2) is 6.45. The van der Waals surface area contributed by atoms with Crippen LogP contribution >= 0.6 is 0 Å². The topological polar surface area (TPSA) is 55.1 Å². The molecule has 0 spiro atoms. The van der Waals surface area contributed by atoms with E-state index in [-0.39, 0.29) is 5.56 Å². The molecule has 0 atom stereocenters. The molecule has 0 saturated carbocycles. The summed E-state index contributed by atoms with van der Waals surface area (Å²) in [6.07, 6.45) is -1.80. The van der Waals surface area contributed by atoms with Crippen LogP contribution in [0.25, 0.3) is 0 Å². The van der Waals surface area contributed by atoms with Gasteiger partial charge in [0.1, 0.15) is 0 Å². The predicted octanol–water partition coefficient (Wildman–Crippen LogP) is 3.21. The maximum atomic E-state index is 12.6. The molecule has 1 aromatic rings. The number of para-hydroxylation sites is 1. The molecule has 1 amide bonds. The number of benzene rings is 1. The van der Waals surface area contributed by atoms with E-state index in [9.17, 15) is 18.0 Å². The number of carbonyl (C=O) groups excluding carboxylic acids is 1. The summed E-state index contributed by atoms with van der Waals surface area (Å²) in [6.45, 7) is 2.45. The molecular weight excluding hydrogens is 257 g/mol. The number of alkyl halides is 3. The van der Waals surface area contributed by atoms with Crippen LogP contribution in [0.15, 0.2) is 18.2 Å². The van der Waals surface area contributed by atoms with E-state index < -0.39 is 23.3 Å². The fourth-order valence-corrected chi connectivity index (χ4v) is 1.68. The van der Waals surface area contributed by atoms with Gasteiger partial charge in [0.15, 0.2) is 0 Å². The Morgan fingerprint density at radius 3 is 2.58 bits per heavy atom. The maximum absolute atomic E-state index is 12.6. The Bertz CT molecular complexity index is 444. The highest BCUT2D eigenvalue weighted by atomic mass is 19.4. The Kier molecular flexibility index (Phi) is 5.20. The molecule has 0 aliphatic heterocycles. The van der Waals surface area contributed by atoms with Crippen molar-refractivity contribution in [3.63, 3.8) is 0 Å². The first-order valence-electron chi connectivity index (χ1n) is 6.11. The van der Waals surface area contributed by atoms with Gasteiger partial charge < -0.3 is 11.1 Å². The van der Waals surface area contributed by atoms with Crippen molar-refractivity contribution < 1.29 is 18.0 Å². The molecule has 0 unspecified atom stereocenters. The van der Waals surface area contributed by atoms with Gasteiger partial charge in [0.2, 0.25) is 0 Å². The molecule has 0 radical (unpaired) electrons. The van der Waals surface area contributed by atoms with Crippen LogP contribution in [0.1, 0.15) is 42.1 Å². The molecule has 6 heteroatoms. The second-order valence-corrected chi connectivity index (χ2v) is 4.23. The van der Waals surface area contributed by atoms with E-state index in [2.05, 4.69) is 5.32 Å². The molecule has 0 aliphatic rings. The van der Waals surface area contributed by atoms with Gasteiger partial charge in [-0.25, -0.2) is 0 Å². The smallest absolute Gasteiger partial charge is 0.398 e. The highest BCUT2D eigenvalue weighted by molar-refractivity contribution is 5.99. The summed E-state index contributed by atoms with van der Waals surface area (Å²) >= 11 is 0. The molecule has 0 heterocycles. The lowest BCUT2D eigenvalue weighted by atomic mass is 10.1. The quantitative estimate of drug-likeness (QED) is 0.640. The monoisotopic (exact) mass is 274 g/mol. The summed E-state index contributed by atoms with van der Waals surface area (Å²) < 4.78 is 37.9. The molecule has 0 saturated heterocycles. The van der Waals surface area contributed by atoms with Crippen LogP contribution in [0.5, 0.6) is 0 Å². The molecule has 1 aromatic carbocycles. The average Bonchev–Trinajstić information content (AvgIpc) is 2.33. The Morgan fingerprint density at radius 2 is 2.00 bits per heavy atom. The van der Waals surface area contributed by atoms with E-state index in [0.29, 0.717) is 6.54 Å². The molecule has 0 bridgehead atoms. The number of amides is 1. The van der Waals surface area contributed by atoms with Gasteiger partial charge in [-0.05, 0) is 18.6 Å². The van der Waals surface area contributed by atoms with E-state index in [0.717, 1.165) is 25.3 Å². The molecule has 3 N–H and O–H groups in total. The van der Waals surface area contributed by atoms with Gasteiger partial charge in [-0.1, -0.05) is 25.8 Å². The number of nitrogen functional groups attached to an aromatic ring is 1. The van der Waals surface area contributed by atoms with Crippen LogP contribution in [-0.4, -0.2) is 12.5 Å². The van der Waals surface area contributed by atoms with Crippen LogP contribution in [0.2, 0.25) is 0 Å². The number of nitrogens with one attached hydrogen (secondary N) is 1. The van der Waals surface area contributed by atoms with Crippen LogP contribution < -0.4 is 11.1 Å². The highest BCUT2D eigenvalue weighted by Gasteiger charge is 2.34. The van der Waals surface area contributed by atoms with E-state index in [1.54, 1.807) is 0 Å². The number of hydrogen-bond acceptors (Lipinski definition) is 2. The van der Waals surface area contributed by atoms with Gasteiger partial charge in [-0.15, -0.1) is 0 Å². The van der Waals surface area contributed by atoms with Gasteiger partial charge in [-0.3, -0.25) is 4.79 Å². The minimum absolute atomic E-state index is 0.133. The zero-order chi connectivity index (χ0) is 14.5. The molecule has 0 aliphatic carbocycles. The summed E-state index contributed by atoms with van der Waals surface area (Å²) in [4.78, 5) is 11.7. The van der Waals surface area contributed by atoms with Crippen molar-refractivity contribution in [1.29, 1.82) is 0 Å². The molecule has 0 fully saturated rings. The number of halogens is 3. The van der Waals surface area contributed by atoms with Gasteiger partial charge in [0.25, 0.3) is 5.91 Å². The molecule has 1 rings (SSSR count). The number of unbranched alkanes of at least 4 members (excludes halogenated alkanes) is 2. The van der Waals surface area contributed by atoms with Gasteiger partial charge in [0.05, 0.1) is 16.8 Å². The summed E-state index contributed by atoms with van der Waals surface area (Å²) in [5.74, 6) is -0.570. The summed E-state index contributed by atoms with van der Waals surface area (Å²) in [5.41, 5.74) is 3.78. The minimum Gasteiger partial charge on any atom is -0.398 e. The largest absolute Gasteiger partial charge is 0.418 e. The second-order valence-electron chi connectivity index (χ2n) is 4.23. The first-order chi connectivity index (χ1) is 8.88. The average molecular weight is 274 g/mol. The van der Waals surface area contributed by atoms with E-state index >= 15 is 0 Å². The zero-order valence-corrected chi connectivity index (χ0v) is 10.7. The lowest BCUT2D eigenvalue weighted by Crippen LogP contribution is -2.26. The Balaban J connectivity index is 2.81. The number of rotatable bonds is 5. The van der Waals surface area contributed by atoms with Crippen molar-refractivity contribution in [3.8, 4) is 0 Å². The molecule has 3 nitrogen and oxygen atoms in total. The number of carbonyl (C=O) groups is 1. The van der Waals surface area contributed by atoms with Crippen molar-refractivity contribution >= 4 is 11.6 Å². The zero-order valence-electron chi connectivity index (χ0n) is 10.7. The Hall–Kier alpha value is -1.72. The lowest BCUT2D eigenvalue weighted by Gasteiger charge is -2.13. The number of anilines is 1. The third kappa shape index (κ3) is 4.15. The Morgan fingerprint density at radius 1 is 1.32 bits per heavy atom. The van der Waals surface area contributed by atoms with Crippen LogP contribution in [0.4, 0.5) is 18.9 Å². The van der Waals surface area contributed by atoms with Crippen molar-refractivity contribution in [3.05, 3.63) is 29.3 Å². The van der Waals surface area contributed by atoms with Gasteiger partial charge in [0, 0.05) is 6.54 Å². The minimum atomic E-state index is -4.55. The standard InChI is InChI=1S/C13H17F3N2O/c1-2-3-4-8-18-12(19)9-6-5-7-10(11(9)17)13(14,15)16/h5-7H,2-4,8,17H2,1H3,(H,18,19). The summed E-state index contributed by atoms with van der Waals surface area (Å²) in [7, 11) is 0.